The topological polar surface area (TPSA) is 9.23 Å². The van der Waals surface area contributed by atoms with Gasteiger partial charge in [-0.05, 0) is 17.7 Å². The first-order chi connectivity index (χ1) is 7.95. The van der Waals surface area contributed by atoms with Crippen molar-refractivity contribution >= 4 is 0 Å². The zero-order valence-corrected chi connectivity index (χ0v) is 9.89. The predicted molar refractivity (Wildman–Crippen MR) is 68.6 cm³/mol. The van der Waals surface area contributed by atoms with Gasteiger partial charge in [-0.3, -0.25) is 0 Å². The van der Waals surface area contributed by atoms with Gasteiger partial charge in [-0.1, -0.05) is 62.4 Å². The molecule has 0 fully saturated rings. The molecule has 0 N–H and O–H groups in total. The standard InChI is InChI=1S/C13H12O.C2H6/c1-3-7-12(8-4-1)11-14-13-9-5-2-6-10-13;1-2/h1-10H,11H2;1-2H3. The first-order valence-electron chi connectivity index (χ1n) is 5.67. The summed E-state index contributed by atoms with van der Waals surface area (Å²) in [7, 11) is 0. The van der Waals surface area contributed by atoms with E-state index in [0.29, 0.717) is 6.61 Å². The van der Waals surface area contributed by atoms with Gasteiger partial charge in [-0.15, -0.1) is 0 Å². The summed E-state index contributed by atoms with van der Waals surface area (Å²) in [6.45, 7) is 4.63. The lowest BCUT2D eigenvalue weighted by molar-refractivity contribution is 0.306. The average Bonchev–Trinajstić information content (AvgIpc) is 2.41. The van der Waals surface area contributed by atoms with E-state index in [1.54, 1.807) is 0 Å². The van der Waals surface area contributed by atoms with Crippen LogP contribution < -0.4 is 4.74 Å². The van der Waals surface area contributed by atoms with Crippen molar-refractivity contribution in [3.05, 3.63) is 66.2 Å². The van der Waals surface area contributed by atoms with E-state index in [2.05, 4.69) is 12.1 Å². The highest BCUT2D eigenvalue weighted by Gasteiger charge is 1.92. The monoisotopic (exact) mass is 214 g/mol. The molecule has 0 saturated carbocycles. The molecule has 2 rings (SSSR count). The number of hydrogen-bond donors (Lipinski definition) is 0. The quantitative estimate of drug-likeness (QED) is 0.740. The maximum atomic E-state index is 5.59. The molecule has 0 unspecified atom stereocenters. The second-order valence-corrected chi connectivity index (χ2v) is 3.09. The molecule has 0 bridgehead atoms. The molecule has 0 aliphatic rings. The Morgan fingerprint density at radius 2 is 1.25 bits per heavy atom. The summed E-state index contributed by atoms with van der Waals surface area (Å²) >= 11 is 0. The van der Waals surface area contributed by atoms with Crippen LogP contribution >= 0.6 is 0 Å². The van der Waals surface area contributed by atoms with E-state index < -0.39 is 0 Å². The normalized spacial score (nSPS) is 8.88. The average molecular weight is 214 g/mol. The molecule has 0 radical (unpaired) electrons. The van der Waals surface area contributed by atoms with Crippen LogP contribution in [0.2, 0.25) is 0 Å². The van der Waals surface area contributed by atoms with Crippen molar-refractivity contribution in [1.82, 2.24) is 0 Å². The minimum absolute atomic E-state index is 0.630. The molecule has 2 aromatic rings. The molecule has 1 heteroatoms. The van der Waals surface area contributed by atoms with Crippen molar-refractivity contribution in [2.75, 3.05) is 0 Å². The van der Waals surface area contributed by atoms with Gasteiger partial charge in [0, 0.05) is 0 Å². The van der Waals surface area contributed by atoms with Crippen LogP contribution in [0.15, 0.2) is 60.7 Å². The Labute approximate surface area is 97.7 Å². The van der Waals surface area contributed by atoms with E-state index in [4.69, 9.17) is 4.74 Å². The lowest BCUT2D eigenvalue weighted by Crippen LogP contribution is -1.94. The molecule has 0 aliphatic heterocycles. The summed E-state index contributed by atoms with van der Waals surface area (Å²) in [5.74, 6) is 0.913. The highest BCUT2D eigenvalue weighted by atomic mass is 16.5. The fraction of sp³-hybridized carbons (Fsp3) is 0.200. The van der Waals surface area contributed by atoms with E-state index in [0.717, 1.165) is 5.75 Å². The van der Waals surface area contributed by atoms with Gasteiger partial charge in [-0.2, -0.15) is 0 Å². The second-order valence-electron chi connectivity index (χ2n) is 3.09. The molecule has 1 nitrogen and oxygen atoms in total. The minimum atomic E-state index is 0.630. The van der Waals surface area contributed by atoms with Crippen molar-refractivity contribution in [2.45, 2.75) is 20.5 Å². The van der Waals surface area contributed by atoms with Crippen LogP contribution in [0.3, 0.4) is 0 Å². The van der Waals surface area contributed by atoms with Crippen molar-refractivity contribution in [3.63, 3.8) is 0 Å². The first-order valence-corrected chi connectivity index (χ1v) is 5.67. The molecule has 84 valence electrons. The van der Waals surface area contributed by atoms with Crippen molar-refractivity contribution in [2.24, 2.45) is 0 Å². The summed E-state index contributed by atoms with van der Waals surface area (Å²) in [5, 5.41) is 0. The Morgan fingerprint density at radius 1 is 0.750 bits per heavy atom. The molecule has 0 aromatic heterocycles. The fourth-order valence-corrected chi connectivity index (χ4v) is 1.26. The van der Waals surface area contributed by atoms with Gasteiger partial charge in [0.25, 0.3) is 0 Å². The molecule has 0 spiro atoms. The van der Waals surface area contributed by atoms with Crippen molar-refractivity contribution in [1.29, 1.82) is 0 Å². The van der Waals surface area contributed by atoms with Crippen LogP contribution in [0.1, 0.15) is 19.4 Å². The largest absolute Gasteiger partial charge is 0.489 e. The summed E-state index contributed by atoms with van der Waals surface area (Å²) < 4.78 is 5.59. The SMILES string of the molecule is CC.c1ccc(COc2ccccc2)cc1. The molecule has 0 aliphatic carbocycles. The zero-order chi connectivity index (χ0) is 11.6. The van der Waals surface area contributed by atoms with E-state index in [9.17, 15) is 0 Å². The summed E-state index contributed by atoms with van der Waals surface area (Å²) in [4.78, 5) is 0. The van der Waals surface area contributed by atoms with Gasteiger partial charge < -0.3 is 4.74 Å². The minimum Gasteiger partial charge on any atom is -0.489 e. The smallest absolute Gasteiger partial charge is 0.119 e. The molecule has 16 heavy (non-hydrogen) atoms. The Balaban J connectivity index is 0.000000606. The van der Waals surface area contributed by atoms with Crippen LogP contribution in [0, 0.1) is 0 Å². The van der Waals surface area contributed by atoms with E-state index in [1.165, 1.54) is 5.56 Å². The Kier molecular flexibility index (Phi) is 5.79. The van der Waals surface area contributed by atoms with Crippen LogP contribution in [0.25, 0.3) is 0 Å². The van der Waals surface area contributed by atoms with E-state index >= 15 is 0 Å². The van der Waals surface area contributed by atoms with Gasteiger partial charge >= 0.3 is 0 Å². The van der Waals surface area contributed by atoms with Gasteiger partial charge in [0.15, 0.2) is 0 Å². The molecule has 0 amide bonds. The first kappa shape index (κ1) is 12.3. The third-order valence-electron chi connectivity index (χ3n) is 1.99. The molecular weight excluding hydrogens is 196 g/mol. The van der Waals surface area contributed by atoms with Gasteiger partial charge in [0.05, 0.1) is 0 Å². The zero-order valence-electron chi connectivity index (χ0n) is 9.89. The van der Waals surface area contributed by atoms with Gasteiger partial charge in [0.1, 0.15) is 12.4 Å². The van der Waals surface area contributed by atoms with Crippen LogP contribution in [0.5, 0.6) is 5.75 Å². The molecule has 0 atom stereocenters. The third kappa shape index (κ3) is 4.18. The number of ether oxygens (including phenoxy) is 1. The number of para-hydroxylation sites is 1. The van der Waals surface area contributed by atoms with Crippen molar-refractivity contribution < 1.29 is 4.74 Å². The third-order valence-corrected chi connectivity index (χ3v) is 1.99. The number of hydrogen-bond acceptors (Lipinski definition) is 1. The van der Waals surface area contributed by atoms with Gasteiger partial charge in [-0.25, -0.2) is 0 Å². The Hall–Kier alpha value is -1.76. The lowest BCUT2D eigenvalue weighted by atomic mass is 10.2. The molecule has 0 saturated heterocycles. The second kappa shape index (κ2) is 7.52. The number of benzene rings is 2. The maximum Gasteiger partial charge on any atom is 0.119 e. The van der Waals surface area contributed by atoms with Crippen LogP contribution in [-0.2, 0) is 6.61 Å². The summed E-state index contributed by atoms with van der Waals surface area (Å²) in [6, 6.07) is 20.0. The van der Waals surface area contributed by atoms with Crippen LogP contribution in [-0.4, -0.2) is 0 Å². The Bertz CT molecular complexity index is 328. The predicted octanol–water partition coefficient (Wildman–Crippen LogP) is 4.29. The maximum absolute atomic E-state index is 5.59. The lowest BCUT2D eigenvalue weighted by Gasteiger charge is -2.05. The highest BCUT2D eigenvalue weighted by molar-refractivity contribution is 5.22. The number of rotatable bonds is 3. The summed E-state index contributed by atoms with van der Waals surface area (Å²) in [6.07, 6.45) is 0. The molecule has 2 aromatic carbocycles. The van der Waals surface area contributed by atoms with E-state index in [1.807, 2.05) is 62.4 Å². The summed E-state index contributed by atoms with van der Waals surface area (Å²) in [5.41, 5.74) is 1.19. The van der Waals surface area contributed by atoms with Gasteiger partial charge in [0.2, 0.25) is 0 Å². The fourth-order valence-electron chi connectivity index (χ4n) is 1.26. The Morgan fingerprint density at radius 3 is 1.81 bits per heavy atom. The van der Waals surface area contributed by atoms with Crippen molar-refractivity contribution in [3.8, 4) is 5.75 Å². The highest BCUT2D eigenvalue weighted by Crippen LogP contribution is 2.10. The molecule has 0 heterocycles. The van der Waals surface area contributed by atoms with E-state index in [-0.39, 0.29) is 0 Å². The van der Waals surface area contributed by atoms with Crippen LogP contribution in [0.4, 0.5) is 0 Å². The molecular formula is C15H18O.